The van der Waals surface area contributed by atoms with Gasteiger partial charge in [0.1, 0.15) is 11.6 Å². The van der Waals surface area contributed by atoms with Crippen LogP contribution < -0.4 is 4.90 Å². The van der Waals surface area contributed by atoms with Gasteiger partial charge >= 0.3 is 0 Å². The molecule has 0 amide bonds. The van der Waals surface area contributed by atoms with Crippen LogP contribution in [0.3, 0.4) is 0 Å². The average molecular weight is 351 g/mol. The van der Waals surface area contributed by atoms with Gasteiger partial charge in [-0.15, -0.1) is 0 Å². The highest BCUT2D eigenvalue weighted by atomic mass is 19.1. The molecule has 0 aliphatic carbocycles. The van der Waals surface area contributed by atoms with Crippen LogP contribution in [0.4, 0.5) is 10.2 Å². The van der Waals surface area contributed by atoms with Crippen molar-refractivity contribution in [2.75, 3.05) is 31.1 Å². The van der Waals surface area contributed by atoms with Crippen LogP contribution in [0.2, 0.25) is 0 Å². The number of halogens is 1. The molecule has 3 heterocycles. The Balaban J connectivity index is 1.56. The number of aromatic amines is 1. The van der Waals surface area contributed by atoms with Gasteiger partial charge in [-0.3, -0.25) is 10.00 Å². The summed E-state index contributed by atoms with van der Waals surface area (Å²) in [5, 5.41) is 6.93. The Kier molecular flexibility index (Phi) is 4.67. The Morgan fingerprint density at radius 3 is 2.54 bits per heavy atom. The molecule has 3 aromatic rings. The van der Waals surface area contributed by atoms with E-state index in [1.165, 1.54) is 6.07 Å². The number of nitrogens with zero attached hydrogens (tertiary/aromatic N) is 4. The third-order valence-electron chi connectivity index (χ3n) is 4.91. The second kappa shape index (κ2) is 7.25. The summed E-state index contributed by atoms with van der Waals surface area (Å²) in [5.74, 6) is 0.830. The summed E-state index contributed by atoms with van der Waals surface area (Å²) in [5.41, 5.74) is 2.70. The molecular formula is C20H22FN5. The van der Waals surface area contributed by atoms with Crippen LogP contribution in [0.1, 0.15) is 22.9 Å². The maximum absolute atomic E-state index is 14.5. The number of piperazine rings is 1. The van der Waals surface area contributed by atoms with Crippen molar-refractivity contribution in [3.63, 3.8) is 0 Å². The summed E-state index contributed by atoms with van der Waals surface area (Å²) >= 11 is 0. The Morgan fingerprint density at radius 1 is 1.04 bits per heavy atom. The molecule has 1 aromatic carbocycles. The number of benzene rings is 1. The molecule has 1 atom stereocenters. The predicted octanol–water partition coefficient (Wildman–Crippen LogP) is 3.16. The molecule has 1 N–H and O–H groups in total. The molecule has 1 aliphatic rings. The fraction of sp³-hybridized carbons (Fsp3) is 0.300. The van der Waals surface area contributed by atoms with Crippen LogP contribution in [0.15, 0.2) is 54.9 Å². The lowest BCUT2D eigenvalue weighted by atomic mass is 9.98. The lowest BCUT2D eigenvalue weighted by Crippen LogP contribution is -2.48. The maximum atomic E-state index is 14.5. The quantitative estimate of drug-likeness (QED) is 0.784. The molecule has 0 saturated carbocycles. The number of anilines is 1. The van der Waals surface area contributed by atoms with E-state index < -0.39 is 0 Å². The van der Waals surface area contributed by atoms with Crippen molar-refractivity contribution in [2.24, 2.45) is 0 Å². The topological polar surface area (TPSA) is 48.0 Å². The summed E-state index contributed by atoms with van der Waals surface area (Å²) in [6.45, 7) is 5.39. The van der Waals surface area contributed by atoms with Gasteiger partial charge in [0.05, 0.1) is 12.2 Å². The van der Waals surface area contributed by atoms with E-state index >= 15 is 0 Å². The smallest absolute Gasteiger partial charge is 0.128 e. The summed E-state index contributed by atoms with van der Waals surface area (Å²) in [4.78, 5) is 9.23. The van der Waals surface area contributed by atoms with Gasteiger partial charge in [0.25, 0.3) is 0 Å². The van der Waals surface area contributed by atoms with E-state index in [4.69, 9.17) is 0 Å². The number of hydrogen-bond acceptors (Lipinski definition) is 4. The molecule has 134 valence electrons. The van der Waals surface area contributed by atoms with Crippen molar-refractivity contribution >= 4 is 5.82 Å². The van der Waals surface area contributed by atoms with Gasteiger partial charge in [-0.1, -0.05) is 24.3 Å². The van der Waals surface area contributed by atoms with Crippen LogP contribution in [-0.2, 0) is 0 Å². The highest BCUT2D eigenvalue weighted by Gasteiger charge is 2.29. The fourth-order valence-electron chi connectivity index (χ4n) is 3.61. The molecule has 0 bridgehead atoms. The predicted molar refractivity (Wildman–Crippen MR) is 99.6 cm³/mol. The number of pyridine rings is 1. The average Bonchev–Trinajstić information content (AvgIpc) is 3.18. The minimum Gasteiger partial charge on any atom is -0.354 e. The zero-order valence-electron chi connectivity index (χ0n) is 14.8. The summed E-state index contributed by atoms with van der Waals surface area (Å²) < 4.78 is 14.5. The van der Waals surface area contributed by atoms with E-state index in [0.29, 0.717) is 5.56 Å². The second-order valence-electron chi connectivity index (χ2n) is 6.62. The standard InChI is InChI=1S/C20H22FN5/c1-15-5-4-8-19(24-15)25-9-11-26(12-10-25)20(16-13-22-23-14-16)17-6-2-3-7-18(17)21/h2-8,13-14,20H,9-12H2,1H3,(H,22,23). The zero-order valence-corrected chi connectivity index (χ0v) is 14.8. The fourth-order valence-corrected chi connectivity index (χ4v) is 3.61. The van der Waals surface area contributed by atoms with Crippen molar-refractivity contribution in [1.82, 2.24) is 20.1 Å². The van der Waals surface area contributed by atoms with E-state index in [1.807, 2.05) is 43.5 Å². The number of H-pyrrole nitrogens is 1. The Bertz CT molecular complexity index is 856. The first-order valence-corrected chi connectivity index (χ1v) is 8.88. The van der Waals surface area contributed by atoms with Crippen LogP contribution in [0.25, 0.3) is 0 Å². The van der Waals surface area contributed by atoms with Crippen LogP contribution >= 0.6 is 0 Å². The van der Waals surface area contributed by atoms with Gasteiger partial charge in [-0.05, 0) is 25.1 Å². The third kappa shape index (κ3) is 3.32. The summed E-state index contributed by atoms with van der Waals surface area (Å²) in [6, 6.07) is 13.0. The molecule has 4 rings (SSSR count). The molecule has 26 heavy (non-hydrogen) atoms. The van der Waals surface area contributed by atoms with Gasteiger partial charge in [-0.25, -0.2) is 9.37 Å². The van der Waals surface area contributed by atoms with E-state index in [1.54, 1.807) is 12.3 Å². The minimum atomic E-state index is -0.179. The first kappa shape index (κ1) is 16.7. The first-order valence-electron chi connectivity index (χ1n) is 8.88. The van der Waals surface area contributed by atoms with E-state index in [-0.39, 0.29) is 11.9 Å². The summed E-state index contributed by atoms with van der Waals surface area (Å²) in [6.07, 6.45) is 3.64. The normalized spacial score (nSPS) is 16.6. The molecule has 2 aromatic heterocycles. The first-order chi connectivity index (χ1) is 12.7. The number of aryl methyl sites for hydroxylation is 1. The number of rotatable bonds is 4. The van der Waals surface area contributed by atoms with Gasteiger partial charge in [-0.2, -0.15) is 5.10 Å². The zero-order chi connectivity index (χ0) is 17.9. The molecule has 0 spiro atoms. The van der Waals surface area contributed by atoms with Crippen molar-refractivity contribution < 1.29 is 4.39 Å². The van der Waals surface area contributed by atoms with Crippen molar-refractivity contribution in [3.05, 3.63) is 77.5 Å². The molecule has 1 unspecified atom stereocenters. The van der Waals surface area contributed by atoms with Crippen molar-refractivity contribution in [2.45, 2.75) is 13.0 Å². The minimum absolute atomic E-state index is 0.137. The van der Waals surface area contributed by atoms with Gasteiger partial charge in [0.15, 0.2) is 0 Å². The Labute approximate surface area is 152 Å². The highest BCUT2D eigenvalue weighted by Crippen LogP contribution is 2.31. The molecule has 6 heteroatoms. The monoisotopic (exact) mass is 351 g/mol. The third-order valence-corrected chi connectivity index (χ3v) is 4.91. The van der Waals surface area contributed by atoms with Gasteiger partial charge < -0.3 is 4.90 Å². The lowest BCUT2D eigenvalue weighted by Gasteiger charge is -2.39. The molecule has 1 aliphatic heterocycles. The van der Waals surface area contributed by atoms with Crippen LogP contribution in [0.5, 0.6) is 0 Å². The Hall–Kier alpha value is -2.73. The van der Waals surface area contributed by atoms with Gasteiger partial charge in [0, 0.05) is 49.2 Å². The SMILES string of the molecule is Cc1cccc(N2CCN(C(c3cn[nH]c3)c3ccccc3F)CC2)n1. The van der Waals surface area contributed by atoms with E-state index in [0.717, 1.165) is 43.3 Å². The van der Waals surface area contributed by atoms with E-state index in [2.05, 4.69) is 25.0 Å². The largest absolute Gasteiger partial charge is 0.354 e. The highest BCUT2D eigenvalue weighted by molar-refractivity contribution is 5.40. The van der Waals surface area contributed by atoms with Gasteiger partial charge in [0.2, 0.25) is 0 Å². The number of nitrogens with one attached hydrogen (secondary N) is 1. The van der Waals surface area contributed by atoms with Crippen molar-refractivity contribution in [1.29, 1.82) is 0 Å². The second-order valence-corrected chi connectivity index (χ2v) is 6.62. The number of hydrogen-bond donors (Lipinski definition) is 1. The molecule has 5 nitrogen and oxygen atoms in total. The molecule has 0 radical (unpaired) electrons. The molecule has 1 fully saturated rings. The number of aromatic nitrogens is 3. The van der Waals surface area contributed by atoms with Crippen LogP contribution in [0, 0.1) is 12.7 Å². The summed E-state index contributed by atoms with van der Waals surface area (Å²) in [7, 11) is 0. The maximum Gasteiger partial charge on any atom is 0.128 e. The molecule has 1 saturated heterocycles. The Morgan fingerprint density at radius 2 is 1.85 bits per heavy atom. The van der Waals surface area contributed by atoms with Crippen LogP contribution in [-0.4, -0.2) is 46.3 Å². The lowest BCUT2D eigenvalue weighted by molar-refractivity contribution is 0.208. The van der Waals surface area contributed by atoms with E-state index in [9.17, 15) is 4.39 Å². The van der Waals surface area contributed by atoms with Crippen molar-refractivity contribution in [3.8, 4) is 0 Å². The molecular weight excluding hydrogens is 329 g/mol.